The molecule has 0 bridgehead atoms. The van der Waals surface area contributed by atoms with Gasteiger partial charge in [-0.05, 0) is 90.0 Å². The second kappa shape index (κ2) is 10.8. The quantitative estimate of drug-likeness (QED) is 0.190. The van der Waals surface area contributed by atoms with Gasteiger partial charge in [0.25, 0.3) is 0 Å². The van der Waals surface area contributed by atoms with Crippen molar-refractivity contribution in [3.8, 4) is 33.6 Å². The standard InChI is InChI=1S/C46H29N5/c1-2-13-34(14-3-1)49-41-18-6-7-19-42(41)51-45-26-38-36-15-4-5-17-40(36)50(44(38)27-39(45)37-16-8-20-43(49)46(37)51)35-24-32(30-11-9-21-47-28-30)23-33(25-35)31-12-10-22-48-29-31/h1-29H. The van der Waals surface area contributed by atoms with Crippen molar-refractivity contribution in [2.75, 3.05) is 4.90 Å². The molecule has 0 radical (unpaired) electrons. The second-order valence-corrected chi connectivity index (χ2v) is 13.2. The van der Waals surface area contributed by atoms with Gasteiger partial charge in [0, 0.05) is 68.8 Å². The zero-order chi connectivity index (χ0) is 33.5. The van der Waals surface area contributed by atoms with Crippen molar-refractivity contribution < 1.29 is 0 Å². The van der Waals surface area contributed by atoms with Gasteiger partial charge in [-0.25, -0.2) is 0 Å². The van der Waals surface area contributed by atoms with Crippen LogP contribution in [0.5, 0.6) is 0 Å². The maximum absolute atomic E-state index is 4.46. The monoisotopic (exact) mass is 651 g/mol. The Balaban J connectivity index is 1.24. The van der Waals surface area contributed by atoms with Crippen molar-refractivity contribution in [1.82, 2.24) is 19.1 Å². The molecule has 0 saturated heterocycles. The van der Waals surface area contributed by atoms with Crippen molar-refractivity contribution in [2.24, 2.45) is 0 Å². The van der Waals surface area contributed by atoms with E-state index in [9.17, 15) is 0 Å². The molecule has 0 atom stereocenters. The third-order valence-electron chi connectivity index (χ3n) is 10.3. The number of pyridine rings is 2. The summed E-state index contributed by atoms with van der Waals surface area (Å²) in [5.41, 5.74) is 14.9. The second-order valence-electron chi connectivity index (χ2n) is 13.2. The van der Waals surface area contributed by atoms with Gasteiger partial charge < -0.3 is 14.0 Å². The Morgan fingerprint density at radius 1 is 0.353 bits per heavy atom. The topological polar surface area (TPSA) is 38.9 Å². The summed E-state index contributed by atoms with van der Waals surface area (Å²) < 4.78 is 4.91. The number of hydrogen-bond donors (Lipinski definition) is 0. The predicted octanol–water partition coefficient (Wildman–Crippen LogP) is 11.8. The number of hydrogen-bond acceptors (Lipinski definition) is 3. The van der Waals surface area contributed by atoms with E-state index in [0.717, 1.165) is 33.6 Å². The molecule has 0 unspecified atom stereocenters. The van der Waals surface area contributed by atoms with Crippen molar-refractivity contribution in [3.63, 3.8) is 0 Å². The molecule has 0 amide bonds. The summed E-state index contributed by atoms with van der Waals surface area (Å²) in [6, 6.07) is 54.8. The lowest BCUT2D eigenvalue weighted by molar-refractivity contribution is 1.11. The van der Waals surface area contributed by atoms with Gasteiger partial charge in [0.15, 0.2) is 0 Å². The summed E-state index contributed by atoms with van der Waals surface area (Å²) in [4.78, 5) is 11.3. The van der Waals surface area contributed by atoms with Crippen molar-refractivity contribution in [3.05, 3.63) is 176 Å². The first-order chi connectivity index (χ1) is 25.3. The normalized spacial score (nSPS) is 12.3. The molecular weight excluding hydrogens is 623 g/mol. The smallest absolute Gasteiger partial charge is 0.0783 e. The van der Waals surface area contributed by atoms with Crippen LogP contribution in [0.3, 0.4) is 0 Å². The minimum atomic E-state index is 1.07. The number of rotatable bonds is 4. The molecule has 1 aliphatic heterocycles. The van der Waals surface area contributed by atoms with Crippen LogP contribution in [0.15, 0.2) is 176 Å². The first kappa shape index (κ1) is 27.9. The zero-order valence-corrected chi connectivity index (χ0v) is 27.5. The molecule has 0 saturated carbocycles. The van der Waals surface area contributed by atoms with E-state index in [1.54, 1.807) is 0 Å². The highest BCUT2D eigenvalue weighted by Crippen LogP contribution is 2.50. The fraction of sp³-hybridized carbons (Fsp3) is 0. The van der Waals surface area contributed by atoms with Crippen molar-refractivity contribution >= 4 is 60.7 Å². The van der Waals surface area contributed by atoms with Crippen LogP contribution in [-0.2, 0) is 0 Å². The Morgan fingerprint density at radius 2 is 0.961 bits per heavy atom. The van der Waals surface area contributed by atoms with Crippen LogP contribution in [0.4, 0.5) is 17.1 Å². The van der Waals surface area contributed by atoms with E-state index in [0.29, 0.717) is 0 Å². The summed E-state index contributed by atoms with van der Waals surface area (Å²) in [5.74, 6) is 0. The SMILES string of the molecule is c1ccc(N2c3ccccc3-n3c4cc5c6ccccc6n(-c6cc(-c7cccnc7)cc(-c7cccnc7)c6)c5cc4c4cccc2c43)cc1. The maximum Gasteiger partial charge on any atom is 0.0783 e. The largest absolute Gasteiger partial charge is 0.309 e. The van der Waals surface area contributed by atoms with Crippen molar-refractivity contribution in [1.29, 1.82) is 0 Å². The number of benzene rings is 6. The molecule has 11 rings (SSSR count). The summed E-state index contributed by atoms with van der Waals surface area (Å²) in [5, 5.41) is 4.90. The molecule has 6 aromatic carbocycles. The van der Waals surface area contributed by atoms with Crippen LogP contribution >= 0.6 is 0 Å². The summed E-state index contributed by atoms with van der Waals surface area (Å²) in [6.07, 6.45) is 7.52. The molecule has 0 fully saturated rings. The van der Waals surface area contributed by atoms with Gasteiger partial charge in [0.2, 0.25) is 0 Å². The molecule has 51 heavy (non-hydrogen) atoms. The summed E-state index contributed by atoms with van der Waals surface area (Å²) in [7, 11) is 0. The molecule has 5 heteroatoms. The lowest BCUT2D eigenvalue weighted by Crippen LogP contribution is -2.17. The Kier molecular flexibility index (Phi) is 5.89. The minimum absolute atomic E-state index is 1.07. The first-order valence-electron chi connectivity index (χ1n) is 17.2. The van der Waals surface area contributed by atoms with E-state index in [2.05, 4.69) is 164 Å². The zero-order valence-electron chi connectivity index (χ0n) is 27.5. The molecule has 0 spiro atoms. The van der Waals surface area contributed by atoms with Gasteiger partial charge in [0.1, 0.15) is 0 Å². The Labute approximate surface area is 293 Å². The molecule has 5 nitrogen and oxygen atoms in total. The molecule has 0 aliphatic carbocycles. The van der Waals surface area contributed by atoms with E-state index < -0.39 is 0 Å². The highest BCUT2D eigenvalue weighted by molar-refractivity contribution is 6.22. The number of para-hydroxylation sites is 5. The predicted molar refractivity (Wildman–Crippen MR) is 210 cm³/mol. The van der Waals surface area contributed by atoms with Gasteiger partial charge in [0.05, 0.1) is 39.1 Å². The van der Waals surface area contributed by atoms with Gasteiger partial charge >= 0.3 is 0 Å². The van der Waals surface area contributed by atoms with E-state index in [4.69, 9.17) is 0 Å². The molecule has 0 N–H and O–H groups in total. The third kappa shape index (κ3) is 4.09. The summed E-state index contributed by atoms with van der Waals surface area (Å²) in [6.45, 7) is 0. The maximum atomic E-state index is 4.46. The Hall–Kier alpha value is -6.98. The van der Waals surface area contributed by atoms with Gasteiger partial charge in [-0.3, -0.25) is 9.97 Å². The molecule has 238 valence electrons. The average molecular weight is 652 g/mol. The highest BCUT2D eigenvalue weighted by atomic mass is 15.2. The molecule has 4 aromatic heterocycles. The lowest BCUT2D eigenvalue weighted by atomic mass is 9.99. The van der Waals surface area contributed by atoms with Gasteiger partial charge in [-0.15, -0.1) is 0 Å². The average Bonchev–Trinajstić information content (AvgIpc) is 3.71. The Morgan fingerprint density at radius 3 is 1.69 bits per heavy atom. The number of aromatic nitrogens is 4. The van der Waals surface area contributed by atoms with Crippen LogP contribution in [0.25, 0.3) is 77.2 Å². The summed E-state index contributed by atoms with van der Waals surface area (Å²) >= 11 is 0. The third-order valence-corrected chi connectivity index (χ3v) is 10.3. The molecule has 5 heterocycles. The van der Waals surface area contributed by atoms with Crippen LogP contribution in [0.2, 0.25) is 0 Å². The molecular formula is C46H29N5. The van der Waals surface area contributed by atoms with Gasteiger partial charge in [-0.1, -0.05) is 72.8 Å². The lowest BCUT2D eigenvalue weighted by Gasteiger charge is -2.33. The van der Waals surface area contributed by atoms with Crippen LogP contribution in [0, 0.1) is 0 Å². The minimum Gasteiger partial charge on any atom is -0.309 e. The molecule has 1 aliphatic rings. The first-order valence-corrected chi connectivity index (χ1v) is 17.2. The van der Waals surface area contributed by atoms with Gasteiger partial charge in [-0.2, -0.15) is 0 Å². The fourth-order valence-electron chi connectivity index (χ4n) is 8.19. The number of fused-ring (bicyclic) bond motifs is 8. The molecule has 10 aromatic rings. The Bertz CT molecular complexity index is 2900. The van der Waals surface area contributed by atoms with Crippen molar-refractivity contribution in [2.45, 2.75) is 0 Å². The number of nitrogens with zero attached hydrogens (tertiary/aromatic N) is 5. The van der Waals surface area contributed by atoms with Crippen LogP contribution in [0.1, 0.15) is 0 Å². The van der Waals surface area contributed by atoms with Crippen LogP contribution < -0.4 is 4.90 Å². The number of anilines is 3. The van der Waals surface area contributed by atoms with E-state index in [1.165, 1.54) is 60.7 Å². The fourth-order valence-corrected chi connectivity index (χ4v) is 8.19. The van der Waals surface area contributed by atoms with Crippen LogP contribution in [-0.4, -0.2) is 19.1 Å². The van der Waals surface area contributed by atoms with E-state index in [1.807, 2.05) is 36.9 Å². The highest BCUT2D eigenvalue weighted by Gasteiger charge is 2.29. The van der Waals surface area contributed by atoms with E-state index in [-0.39, 0.29) is 0 Å². The van der Waals surface area contributed by atoms with E-state index >= 15 is 0 Å².